The maximum absolute atomic E-state index is 13.5. The van der Waals surface area contributed by atoms with Crippen LogP contribution in [0, 0.1) is 23.3 Å². The van der Waals surface area contributed by atoms with Crippen LogP contribution >= 0.6 is 0 Å². The minimum Gasteiger partial charge on any atom is -0.339 e. The molecule has 1 aliphatic rings. The van der Waals surface area contributed by atoms with Gasteiger partial charge in [-0.25, -0.2) is 17.6 Å². The molecule has 104 valence electrons. The van der Waals surface area contributed by atoms with Crippen molar-refractivity contribution in [3.63, 3.8) is 0 Å². The van der Waals surface area contributed by atoms with Crippen LogP contribution in [0.1, 0.15) is 36.0 Å². The number of hydrogen-bond donors (Lipinski definition) is 0. The van der Waals surface area contributed by atoms with Gasteiger partial charge < -0.3 is 4.90 Å². The molecule has 2 rings (SSSR count). The molecule has 0 bridgehead atoms. The lowest BCUT2D eigenvalue weighted by molar-refractivity contribution is 0.0754. The average molecular weight is 275 g/mol. The molecular formula is C13H13F4NO. The van der Waals surface area contributed by atoms with E-state index in [0.717, 1.165) is 25.7 Å². The van der Waals surface area contributed by atoms with E-state index in [1.807, 2.05) is 0 Å². The van der Waals surface area contributed by atoms with Gasteiger partial charge in [-0.05, 0) is 18.9 Å². The second-order valence-electron chi connectivity index (χ2n) is 4.55. The van der Waals surface area contributed by atoms with Crippen molar-refractivity contribution in [2.75, 3.05) is 13.1 Å². The van der Waals surface area contributed by atoms with Gasteiger partial charge in [0.05, 0.1) is 5.56 Å². The Morgan fingerprint density at radius 2 is 1.47 bits per heavy atom. The summed E-state index contributed by atoms with van der Waals surface area (Å²) >= 11 is 0. The lowest BCUT2D eigenvalue weighted by atomic mass is 10.1. The summed E-state index contributed by atoms with van der Waals surface area (Å²) in [6.45, 7) is 0.831. The van der Waals surface area contributed by atoms with Gasteiger partial charge in [0.1, 0.15) is 0 Å². The fourth-order valence-electron chi connectivity index (χ4n) is 2.17. The van der Waals surface area contributed by atoms with Crippen LogP contribution in [0.5, 0.6) is 0 Å². The van der Waals surface area contributed by atoms with Crippen LogP contribution in [0.3, 0.4) is 0 Å². The van der Waals surface area contributed by atoms with Gasteiger partial charge >= 0.3 is 0 Å². The maximum Gasteiger partial charge on any atom is 0.257 e. The smallest absolute Gasteiger partial charge is 0.257 e. The molecule has 19 heavy (non-hydrogen) atoms. The van der Waals surface area contributed by atoms with Crippen molar-refractivity contribution in [1.29, 1.82) is 0 Å². The first-order chi connectivity index (χ1) is 9.02. The first kappa shape index (κ1) is 13.8. The molecule has 1 saturated heterocycles. The van der Waals surface area contributed by atoms with Gasteiger partial charge in [0.25, 0.3) is 5.91 Å². The topological polar surface area (TPSA) is 20.3 Å². The third kappa shape index (κ3) is 2.72. The van der Waals surface area contributed by atoms with Crippen molar-refractivity contribution in [2.24, 2.45) is 0 Å². The zero-order valence-corrected chi connectivity index (χ0v) is 10.2. The summed E-state index contributed by atoms with van der Waals surface area (Å²) in [7, 11) is 0. The average Bonchev–Trinajstić information content (AvgIpc) is 2.68. The summed E-state index contributed by atoms with van der Waals surface area (Å²) in [6.07, 6.45) is 3.44. The molecule has 0 spiro atoms. The second kappa shape index (κ2) is 5.59. The van der Waals surface area contributed by atoms with E-state index in [4.69, 9.17) is 0 Å². The molecule has 1 aromatic rings. The fraction of sp³-hybridized carbons (Fsp3) is 0.462. The fourth-order valence-corrected chi connectivity index (χ4v) is 2.17. The van der Waals surface area contributed by atoms with Crippen LogP contribution in [0.4, 0.5) is 17.6 Å². The highest BCUT2D eigenvalue weighted by molar-refractivity contribution is 5.94. The molecule has 0 saturated carbocycles. The zero-order valence-electron chi connectivity index (χ0n) is 10.2. The van der Waals surface area contributed by atoms with E-state index in [1.165, 1.54) is 4.90 Å². The summed E-state index contributed by atoms with van der Waals surface area (Å²) in [5.74, 6) is -7.83. The van der Waals surface area contributed by atoms with Crippen LogP contribution in [-0.2, 0) is 0 Å². The van der Waals surface area contributed by atoms with E-state index in [9.17, 15) is 22.4 Å². The van der Waals surface area contributed by atoms with Crippen LogP contribution in [0.25, 0.3) is 0 Å². The van der Waals surface area contributed by atoms with Gasteiger partial charge in [-0.15, -0.1) is 0 Å². The highest BCUT2D eigenvalue weighted by Crippen LogP contribution is 2.21. The third-order valence-corrected chi connectivity index (χ3v) is 3.23. The number of benzene rings is 1. The molecule has 1 fully saturated rings. The number of nitrogens with zero attached hydrogens (tertiary/aromatic N) is 1. The summed E-state index contributed by atoms with van der Waals surface area (Å²) < 4.78 is 52.5. The summed E-state index contributed by atoms with van der Waals surface area (Å²) in [6, 6.07) is 0.418. The van der Waals surface area contributed by atoms with Crippen LogP contribution in [-0.4, -0.2) is 23.9 Å². The van der Waals surface area contributed by atoms with Crippen molar-refractivity contribution in [1.82, 2.24) is 4.90 Å². The number of rotatable bonds is 1. The van der Waals surface area contributed by atoms with E-state index in [-0.39, 0.29) is 0 Å². The summed E-state index contributed by atoms with van der Waals surface area (Å²) in [5.41, 5.74) is -0.752. The third-order valence-electron chi connectivity index (χ3n) is 3.23. The number of halogens is 4. The van der Waals surface area contributed by atoms with Crippen molar-refractivity contribution in [2.45, 2.75) is 25.7 Å². The Labute approximate surface area is 108 Å². The minimum absolute atomic E-state index is 0.416. The molecule has 0 aromatic heterocycles. The van der Waals surface area contributed by atoms with E-state index in [1.54, 1.807) is 0 Å². The van der Waals surface area contributed by atoms with Crippen molar-refractivity contribution >= 4 is 5.91 Å². The molecule has 1 aliphatic heterocycles. The van der Waals surface area contributed by atoms with Crippen molar-refractivity contribution in [3.8, 4) is 0 Å². The van der Waals surface area contributed by atoms with Crippen molar-refractivity contribution < 1.29 is 22.4 Å². The molecule has 1 amide bonds. The normalized spacial score (nSPS) is 16.3. The first-order valence-electron chi connectivity index (χ1n) is 6.14. The van der Waals surface area contributed by atoms with Crippen LogP contribution in [0.2, 0.25) is 0 Å². The standard InChI is InChI=1S/C13H13F4NO/c14-9-7-8(10(15)12(17)11(9)16)13(19)18-5-3-1-2-4-6-18/h7H,1-6H2. The van der Waals surface area contributed by atoms with E-state index in [2.05, 4.69) is 0 Å². The Kier molecular flexibility index (Phi) is 4.07. The van der Waals surface area contributed by atoms with Gasteiger partial charge in [0.15, 0.2) is 23.3 Å². The van der Waals surface area contributed by atoms with Gasteiger partial charge in [-0.1, -0.05) is 12.8 Å². The number of carbonyl (C=O) groups is 1. The number of hydrogen-bond acceptors (Lipinski definition) is 1. The number of carbonyl (C=O) groups excluding carboxylic acids is 1. The highest BCUT2D eigenvalue weighted by Gasteiger charge is 2.26. The summed E-state index contributed by atoms with van der Waals surface area (Å²) in [4.78, 5) is 13.4. The molecule has 0 N–H and O–H groups in total. The quantitative estimate of drug-likeness (QED) is 0.437. The minimum atomic E-state index is -1.95. The van der Waals surface area contributed by atoms with Gasteiger partial charge in [0.2, 0.25) is 0 Å². The summed E-state index contributed by atoms with van der Waals surface area (Å²) in [5, 5.41) is 0. The number of amides is 1. The Balaban J connectivity index is 2.33. The Bertz CT molecular complexity index is 496. The predicted octanol–water partition coefficient (Wildman–Crippen LogP) is 3.26. The Morgan fingerprint density at radius 3 is 2.05 bits per heavy atom. The zero-order chi connectivity index (χ0) is 14.0. The van der Waals surface area contributed by atoms with E-state index in [0.29, 0.717) is 19.2 Å². The SMILES string of the molecule is O=C(c1cc(F)c(F)c(F)c1F)N1CCCCCC1. The Morgan fingerprint density at radius 1 is 0.895 bits per heavy atom. The molecule has 0 aliphatic carbocycles. The van der Waals surface area contributed by atoms with E-state index < -0.39 is 34.7 Å². The predicted molar refractivity (Wildman–Crippen MR) is 60.6 cm³/mol. The monoisotopic (exact) mass is 275 g/mol. The number of likely N-dealkylation sites (tertiary alicyclic amines) is 1. The molecule has 0 unspecified atom stereocenters. The van der Waals surface area contributed by atoms with Crippen LogP contribution in [0.15, 0.2) is 6.07 Å². The molecule has 6 heteroatoms. The molecule has 0 radical (unpaired) electrons. The second-order valence-corrected chi connectivity index (χ2v) is 4.55. The highest BCUT2D eigenvalue weighted by atomic mass is 19.2. The lowest BCUT2D eigenvalue weighted by Crippen LogP contribution is -2.32. The van der Waals surface area contributed by atoms with Crippen LogP contribution < -0.4 is 0 Å². The largest absolute Gasteiger partial charge is 0.339 e. The molecular weight excluding hydrogens is 262 g/mol. The Hall–Kier alpha value is -1.59. The molecule has 1 aromatic carbocycles. The van der Waals surface area contributed by atoms with E-state index >= 15 is 0 Å². The molecule has 1 heterocycles. The van der Waals surface area contributed by atoms with Crippen molar-refractivity contribution in [3.05, 3.63) is 34.9 Å². The van der Waals surface area contributed by atoms with Gasteiger partial charge in [0, 0.05) is 13.1 Å². The van der Waals surface area contributed by atoms with Gasteiger partial charge in [-0.2, -0.15) is 0 Å². The maximum atomic E-state index is 13.5. The van der Waals surface area contributed by atoms with Gasteiger partial charge in [-0.3, -0.25) is 4.79 Å². The molecule has 2 nitrogen and oxygen atoms in total. The first-order valence-corrected chi connectivity index (χ1v) is 6.14. The molecule has 0 atom stereocenters. The lowest BCUT2D eigenvalue weighted by Gasteiger charge is -2.20.